The van der Waals surface area contributed by atoms with Crippen LogP contribution in [0.25, 0.3) is 28.3 Å². The lowest BCUT2D eigenvalue weighted by Crippen LogP contribution is -2.42. The van der Waals surface area contributed by atoms with Gasteiger partial charge in [-0.05, 0) is 63.6 Å². The molecule has 0 aliphatic carbocycles. The average molecular weight is 449 g/mol. The summed E-state index contributed by atoms with van der Waals surface area (Å²) in [6, 6.07) is 20.3. The lowest BCUT2D eigenvalue weighted by molar-refractivity contribution is -0.164. The zero-order valence-electron chi connectivity index (χ0n) is 18.5. The molecule has 0 bridgehead atoms. The molecule has 5 heteroatoms. The first-order valence-corrected chi connectivity index (χ1v) is 11.0. The lowest BCUT2D eigenvalue weighted by atomic mass is 9.86. The molecule has 0 aromatic heterocycles. The topological polar surface area (TPSA) is 46.5 Å². The van der Waals surface area contributed by atoms with E-state index in [2.05, 4.69) is 19.9 Å². The van der Waals surface area contributed by atoms with Crippen LogP contribution < -0.4 is 0 Å². The molecule has 0 amide bonds. The van der Waals surface area contributed by atoms with Crippen LogP contribution >= 0.6 is 0 Å². The van der Waals surface area contributed by atoms with E-state index in [9.17, 15) is 18.7 Å². The maximum absolute atomic E-state index is 14.5. The van der Waals surface area contributed by atoms with E-state index >= 15 is 0 Å². The van der Waals surface area contributed by atoms with E-state index in [1.807, 2.05) is 36.4 Å². The summed E-state index contributed by atoms with van der Waals surface area (Å²) in [4.78, 5) is 11.7. The summed E-state index contributed by atoms with van der Waals surface area (Å²) >= 11 is 0. The number of hydrogen-bond acceptors (Lipinski definition) is 3. The monoisotopic (exact) mass is 448 g/mol. The van der Waals surface area contributed by atoms with Crippen LogP contribution in [-0.4, -0.2) is 29.5 Å². The number of alkyl halides is 1. The summed E-state index contributed by atoms with van der Waals surface area (Å²) in [5, 5.41) is 9.83. The van der Waals surface area contributed by atoms with Crippen molar-refractivity contribution in [2.45, 2.75) is 44.6 Å². The van der Waals surface area contributed by atoms with Crippen LogP contribution in [-0.2, 0) is 9.53 Å². The van der Waals surface area contributed by atoms with Crippen molar-refractivity contribution in [2.75, 3.05) is 0 Å². The van der Waals surface area contributed by atoms with Gasteiger partial charge in [-0.2, -0.15) is 0 Å². The van der Waals surface area contributed by atoms with Crippen LogP contribution in [0.15, 0.2) is 72.8 Å². The number of aliphatic hydroxyl groups is 1. The first-order valence-electron chi connectivity index (χ1n) is 11.0. The Morgan fingerprint density at radius 3 is 2.36 bits per heavy atom. The van der Waals surface area contributed by atoms with Gasteiger partial charge in [-0.1, -0.05) is 68.5 Å². The van der Waals surface area contributed by atoms with Crippen molar-refractivity contribution in [1.82, 2.24) is 0 Å². The maximum Gasteiger partial charge on any atom is 0.309 e. The summed E-state index contributed by atoms with van der Waals surface area (Å²) in [5.41, 5.74) is 5.58. The van der Waals surface area contributed by atoms with Gasteiger partial charge >= 0.3 is 5.97 Å². The number of carbonyl (C=O) groups excluding carboxylic acids is 1. The Hall–Kier alpha value is -3.31. The zero-order valence-corrected chi connectivity index (χ0v) is 18.5. The molecule has 170 valence electrons. The van der Waals surface area contributed by atoms with E-state index in [0.29, 0.717) is 0 Å². The molecule has 33 heavy (non-hydrogen) atoms. The highest BCUT2D eigenvalue weighted by Gasteiger charge is 2.36. The Bertz CT molecular complexity index is 1150. The molecule has 3 aromatic rings. The average Bonchev–Trinajstić information content (AvgIpc) is 2.81. The third kappa shape index (κ3) is 5.04. The molecule has 4 rings (SSSR count). The van der Waals surface area contributed by atoms with Crippen molar-refractivity contribution in [1.29, 1.82) is 0 Å². The van der Waals surface area contributed by atoms with Crippen molar-refractivity contribution in [3.05, 3.63) is 89.8 Å². The molecule has 1 N–H and O–H groups in total. The summed E-state index contributed by atoms with van der Waals surface area (Å²) in [6.07, 6.45) is -1.37. The van der Waals surface area contributed by atoms with Gasteiger partial charge in [0, 0.05) is 0 Å². The molecule has 0 saturated carbocycles. The van der Waals surface area contributed by atoms with E-state index in [1.165, 1.54) is 18.2 Å². The number of esters is 1. The van der Waals surface area contributed by atoms with E-state index in [0.717, 1.165) is 33.4 Å². The fourth-order valence-corrected chi connectivity index (χ4v) is 4.11. The van der Waals surface area contributed by atoms with Crippen LogP contribution in [0.5, 0.6) is 0 Å². The summed E-state index contributed by atoms with van der Waals surface area (Å²) in [6.45, 7) is 4.14. The number of halogens is 2. The zero-order chi connectivity index (χ0) is 23.5. The van der Waals surface area contributed by atoms with Gasteiger partial charge in [-0.3, -0.25) is 4.79 Å². The van der Waals surface area contributed by atoms with E-state index in [-0.39, 0.29) is 18.2 Å². The molecule has 1 aliphatic heterocycles. The van der Waals surface area contributed by atoms with Gasteiger partial charge in [-0.25, -0.2) is 8.78 Å². The number of ether oxygens (including phenoxy) is 1. The highest BCUT2D eigenvalue weighted by molar-refractivity contribution is 5.83. The number of aliphatic hydroxyl groups excluding tert-OH is 1. The summed E-state index contributed by atoms with van der Waals surface area (Å²) in [5.74, 6) is -0.830. The van der Waals surface area contributed by atoms with Gasteiger partial charge in [-0.15, -0.1) is 0 Å². The van der Waals surface area contributed by atoms with E-state index < -0.39 is 24.3 Å². The van der Waals surface area contributed by atoms with Gasteiger partial charge in [0.15, 0.2) is 12.3 Å². The number of hydrogen-bond donors (Lipinski definition) is 1. The lowest BCUT2D eigenvalue weighted by Gasteiger charge is -2.27. The second-order valence-electron chi connectivity index (χ2n) is 8.58. The van der Waals surface area contributed by atoms with Crippen LogP contribution in [0.3, 0.4) is 0 Å². The molecule has 1 aliphatic rings. The number of carbonyl (C=O) groups is 1. The van der Waals surface area contributed by atoms with Crippen molar-refractivity contribution in [2.24, 2.45) is 0 Å². The van der Waals surface area contributed by atoms with Crippen LogP contribution in [0.1, 0.15) is 37.3 Å². The highest BCUT2D eigenvalue weighted by Crippen LogP contribution is 2.37. The first kappa shape index (κ1) is 22.9. The van der Waals surface area contributed by atoms with Crippen molar-refractivity contribution in [3.8, 4) is 22.3 Å². The van der Waals surface area contributed by atoms with Gasteiger partial charge in [0.1, 0.15) is 5.82 Å². The molecule has 3 nitrogen and oxygen atoms in total. The predicted molar refractivity (Wildman–Crippen MR) is 126 cm³/mol. The fourth-order valence-electron chi connectivity index (χ4n) is 4.11. The Morgan fingerprint density at radius 1 is 1.00 bits per heavy atom. The normalized spacial score (nSPS) is 20.9. The SMILES string of the molecule is CC(C)c1cc(-c2ccccc2)cc(-c2ccc(F)cc2)c1C=C[C@H]1OC(=O)C[C@H](O)[C@H]1F. The fraction of sp³-hybridized carbons (Fsp3) is 0.250. The van der Waals surface area contributed by atoms with Crippen LogP contribution in [0.2, 0.25) is 0 Å². The Morgan fingerprint density at radius 2 is 1.70 bits per heavy atom. The standard InChI is InChI=1S/C28H26F2O3/c1-17(2)23-14-20(18-6-4-3-5-7-18)15-24(19-8-10-21(29)11-9-19)22(23)12-13-26-28(30)25(31)16-27(32)33-26/h3-15,17,25-26,28,31H,16H2,1-2H3/t25-,26+,28+/m0/s1. The quantitative estimate of drug-likeness (QED) is 0.465. The minimum atomic E-state index is -1.70. The third-order valence-electron chi connectivity index (χ3n) is 5.87. The molecule has 0 spiro atoms. The first-order chi connectivity index (χ1) is 15.8. The molecular formula is C28H26F2O3. The molecular weight excluding hydrogens is 422 g/mol. The minimum absolute atomic E-state index is 0.133. The van der Waals surface area contributed by atoms with Crippen LogP contribution in [0.4, 0.5) is 8.78 Å². The van der Waals surface area contributed by atoms with Crippen molar-refractivity contribution in [3.63, 3.8) is 0 Å². The van der Waals surface area contributed by atoms with Gasteiger partial charge in [0.2, 0.25) is 0 Å². The van der Waals surface area contributed by atoms with Crippen molar-refractivity contribution < 1.29 is 23.4 Å². The highest BCUT2D eigenvalue weighted by atomic mass is 19.1. The molecule has 0 unspecified atom stereocenters. The molecule has 0 radical (unpaired) electrons. The Labute approximate surface area is 192 Å². The molecule has 3 atom stereocenters. The van der Waals surface area contributed by atoms with Crippen molar-refractivity contribution >= 4 is 12.0 Å². The molecule has 1 heterocycles. The minimum Gasteiger partial charge on any atom is -0.455 e. The molecule has 1 fully saturated rings. The Balaban J connectivity index is 1.87. The van der Waals surface area contributed by atoms with Gasteiger partial charge < -0.3 is 9.84 Å². The predicted octanol–water partition coefficient (Wildman–Crippen LogP) is 6.31. The number of benzene rings is 3. The number of cyclic esters (lactones) is 1. The largest absolute Gasteiger partial charge is 0.455 e. The maximum atomic E-state index is 14.5. The van der Waals surface area contributed by atoms with E-state index in [4.69, 9.17) is 4.74 Å². The smallest absolute Gasteiger partial charge is 0.309 e. The summed E-state index contributed by atoms with van der Waals surface area (Å²) in [7, 11) is 0. The van der Waals surface area contributed by atoms with E-state index in [1.54, 1.807) is 18.2 Å². The third-order valence-corrected chi connectivity index (χ3v) is 5.87. The second-order valence-corrected chi connectivity index (χ2v) is 8.58. The van der Waals surface area contributed by atoms with Crippen LogP contribution in [0, 0.1) is 5.82 Å². The molecule has 1 saturated heterocycles. The Kier molecular flexibility index (Phi) is 6.70. The van der Waals surface area contributed by atoms with Gasteiger partial charge in [0.05, 0.1) is 12.5 Å². The summed E-state index contributed by atoms with van der Waals surface area (Å²) < 4.78 is 33.3. The molecule has 3 aromatic carbocycles. The van der Waals surface area contributed by atoms with Gasteiger partial charge in [0.25, 0.3) is 0 Å². The second kappa shape index (κ2) is 9.67. The number of rotatable bonds is 5.